The van der Waals surface area contributed by atoms with Gasteiger partial charge in [-0.2, -0.15) is 0 Å². The molecule has 0 N–H and O–H groups in total. The van der Waals surface area contributed by atoms with Crippen molar-refractivity contribution in [2.75, 3.05) is 0 Å². The van der Waals surface area contributed by atoms with Crippen molar-refractivity contribution < 1.29 is 18.7 Å². The first-order valence-corrected chi connectivity index (χ1v) is 9.21. The molecular formula is C22H19N3O4. The zero-order valence-electron chi connectivity index (χ0n) is 15.8. The predicted molar refractivity (Wildman–Crippen MR) is 105 cm³/mol. The molecule has 1 amide bonds. The largest absolute Gasteiger partial charge is 0.456 e. The molecule has 2 heterocycles. The molecule has 0 spiro atoms. The summed E-state index contributed by atoms with van der Waals surface area (Å²) in [5, 5.41) is 7.90. The standard InChI is InChI=1S/C22H19N3O4/c1-15(26)25-12-11-16-7-5-6-10-18(16)19(25)13-21(27)28-14-20-23-24-22(29-20)17-8-3-2-4-9-17/h2-12,19H,13-14H2,1H3. The highest BCUT2D eigenvalue weighted by molar-refractivity contribution is 5.80. The van der Waals surface area contributed by atoms with Gasteiger partial charge in [-0.25, -0.2) is 0 Å². The summed E-state index contributed by atoms with van der Waals surface area (Å²) in [6.07, 6.45) is 3.59. The second-order valence-corrected chi connectivity index (χ2v) is 6.62. The molecule has 146 valence electrons. The average molecular weight is 389 g/mol. The Morgan fingerprint density at radius 3 is 2.62 bits per heavy atom. The third-order valence-corrected chi connectivity index (χ3v) is 4.67. The van der Waals surface area contributed by atoms with E-state index in [-0.39, 0.29) is 24.8 Å². The fourth-order valence-electron chi connectivity index (χ4n) is 3.28. The molecule has 0 bridgehead atoms. The van der Waals surface area contributed by atoms with Gasteiger partial charge in [0.15, 0.2) is 6.61 Å². The van der Waals surface area contributed by atoms with Crippen molar-refractivity contribution in [3.63, 3.8) is 0 Å². The molecule has 1 atom stereocenters. The maximum absolute atomic E-state index is 12.5. The zero-order chi connectivity index (χ0) is 20.2. The Bertz CT molecular complexity index is 1060. The Kier molecular flexibility index (Phi) is 5.20. The lowest BCUT2D eigenvalue weighted by Crippen LogP contribution is -2.32. The molecule has 0 fully saturated rings. The molecule has 1 aliphatic rings. The van der Waals surface area contributed by atoms with Gasteiger partial charge in [0.1, 0.15) is 0 Å². The number of carbonyl (C=O) groups excluding carboxylic acids is 2. The molecule has 0 saturated heterocycles. The third-order valence-electron chi connectivity index (χ3n) is 4.67. The first kappa shape index (κ1) is 18.6. The number of fused-ring (bicyclic) bond motifs is 1. The number of aromatic nitrogens is 2. The van der Waals surface area contributed by atoms with Crippen LogP contribution in [0.25, 0.3) is 17.5 Å². The van der Waals surface area contributed by atoms with E-state index < -0.39 is 12.0 Å². The van der Waals surface area contributed by atoms with E-state index in [1.807, 2.05) is 60.7 Å². The van der Waals surface area contributed by atoms with Crippen LogP contribution < -0.4 is 0 Å². The first-order valence-electron chi connectivity index (χ1n) is 9.21. The van der Waals surface area contributed by atoms with E-state index in [0.717, 1.165) is 16.7 Å². The van der Waals surface area contributed by atoms with Gasteiger partial charge in [-0.1, -0.05) is 42.5 Å². The van der Waals surface area contributed by atoms with E-state index in [4.69, 9.17) is 9.15 Å². The van der Waals surface area contributed by atoms with Crippen LogP contribution in [0.15, 0.2) is 65.2 Å². The highest BCUT2D eigenvalue weighted by Gasteiger charge is 2.29. The number of amides is 1. The minimum atomic E-state index is -0.453. The van der Waals surface area contributed by atoms with Crippen LogP contribution in [0.2, 0.25) is 0 Å². The average Bonchev–Trinajstić information content (AvgIpc) is 3.22. The molecule has 0 saturated carbocycles. The highest BCUT2D eigenvalue weighted by Crippen LogP contribution is 2.33. The third kappa shape index (κ3) is 4.08. The summed E-state index contributed by atoms with van der Waals surface area (Å²) >= 11 is 0. The van der Waals surface area contributed by atoms with Gasteiger partial charge in [0.05, 0.1) is 12.5 Å². The summed E-state index contributed by atoms with van der Waals surface area (Å²) in [4.78, 5) is 26.0. The van der Waals surface area contributed by atoms with Crippen molar-refractivity contribution in [2.24, 2.45) is 0 Å². The summed E-state index contributed by atoms with van der Waals surface area (Å²) in [5.41, 5.74) is 2.68. The van der Waals surface area contributed by atoms with Crippen LogP contribution >= 0.6 is 0 Å². The minimum Gasteiger partial charge on any atom is -0.456 e. The van der Waals surface area contributed by atoms with Crippen LogP contribution in [0.1, 0.15) is 36.4 Å². The monoisotopic (exact) mass is 389 g/mol. The summed E-state index contributed by atoms with van der Waals surface area (Å²) < 4.78 is 10.9. The number of esters is 1. The zero-order valence-corrected chi connectivity index (χ0v) is 15.8. The minimum absolute atomic E-state index is 0.0284. The SMILES string of the molecule is CC(=O)N1C=Cc2ccccc2C1CC(=O)OCc1nnc(-c2ccccc2)o1. The molecule has 1 aromatic heterocycles. The fraction of sp³-hybridized carbons (Fsp3) is 0.182. The van der Waals surface area contributed by atoms with E-state index in [2.05, 4.69) is 10.2 Å². The van der Waals surface area contributed by atoms with Crippen LogP contribution in [-0.4, -0.2) is 27.0 Å². The van der Waals surface area contributed by atoms with Gasteiger partial charge < -0.3 is 14.1 Å². The Morgan fingerprint density at radius 2 is 1.83 bits per heavy atom. The smallest absolute Gasteiger partial charge is 0.308 e. The normalized spacial score (nSPS) is 15.1. The molecule has 1 unspecified atom stereocenters. The molecule has 4 rings (SSSR count). The van der Waals surface area contributed by atoms with Gasteiger partial charge in [0, 0.05) is 18.7 Å². The molecule has 7 nitrogen and oxygen atoms in total. The number of hydrogen-bond donors (Lipinski definition) is 0. The van der Waals surface area contributed by atoms with Crippen molar-refractivity contribution >= 4 is 18.0 Å². The van der Waals surface area contributed by atoms with Crippen LogP contribution in [-0.2, 0) is 20.9 Å². The predicted octanol–water partition coefficient (Wildman–Crippen LogP) is 3.74. The van der Waals surface area contributed by atoms with Crippen LogP contribution in [0.3, 0.4) is 0 Å². The topological polar surface area (TPSA) is 85.5 Å². The Hall–Kier alpha value is -3.74. The highest BCUT2D eigenvalue weighted by atomic mass is 16.5. The van der Waals surface area contributed by atoms with Gasteiger partial charge in [-0.05, 0) is 29.3 Å². The number of rotatable bonds is 5. The Morgan fingerprint density at radius 1 is 1.07 bits per heavy atom. The van der Waals surface area contributed by atoms with Crippen molar-refractivity contribution in [3.8, 4) is 11.5 Å². The number of benzene rings is 2. The van der Waals surface area contributed by atoms with E-state index in [1.54, 1.807) is 11.1 Å². The lowest BCUT2D eigenvalue weighted by Gasteiger charge is -2.32. The van der Waals surface area contributed by atoms with Crippen molar-refractivity contribution in [2.45, 2.75) is 26.0 Å². The van der Waals surface area contributed by atoms with Gasteiger partial charge in [-0.15, -0.1) is 10.2 Å². The second-order valence-electron chi connectivity index (χ2n) is 6.62. The molecule has 3 aromatic rings. The van der Waals surface area contributed by atoms with E-state index in [9.17, 15) is 9.59 Å². The number of hydrogen-bond acceptors (Lipinski definition) is 6. The Labute approximate surface area is 167 Å². The molecule has 29 heavy (non-hydrogen) atoms. The summed E-state index contributed by atoms with van der Waals surface area (Å²) in [7, 11) is 0. The van der Waals surface area contributed by atoms with Gasteiger partial charge in [0.25, 0.3) is 5.89 Å². The van der Waals surface area contributed by atoms with Crippen LogP contribution in [0.5, 0.6) is 0 Å². The van der Waals surface area contributed by atoms with E-state index in [1.165, 1.54) is 6.92 Å². The number of carbonyl (C=O) groups is 2. The second kappa shape index (κ2) is 8.10. The maximum Gasteiger partial charge on any atom is 0.308 e. The molecule has 2 aromatic carbocycles. The fourth-order valence-corrected chi connectivity index (χ4v) is 3.28. The quantitative estimate of drug-likeness (QED) is 0.618. The van der Waals surface area contributed by atoms with Crippen molar-refractivity contribution in [1.82, 2.24) is 15.1 Å². The summed E-state index contributed by atoms with van der Waals surface area (Å²) in [6, 6.07) is 16.6. The van der Waals surface area contributed by atoms with Crippen LogP contribution in [0.4, 0.5) is 0 Å². The number of ether oxygens (including phenoxy) is 1. The van der Waals surface area contributed by atoms with E-state index >= 15 is 0 Å². The summed E-state index contributed by atoms with van der Waals surface area (Å²) in [5.74, 6) is -0.0147. The first-order chi connectivity index (χ1) is 14.1. The van der Waals surface area contributed by atoms with Gasteiger partial charge in [0.2, 0.25) is 11.8 Å². The molecule has 0 radical (unpaired) electrons. The molecule has 1 aliphatic heterocycles. The van der Waals surface area contributed by atoms with E-state index in [0.29, 0.717) is 5.89 Å². The summed E-state index contributed by atoms with van der Waals surface area (Å²) in [6.45, 7) is 1.35. The lowest BCUT2D eigenvalue weighted by atomic mass is 9.94. The van der Waals surface area contributed by atoms with Gasteiger partial charge in [-0.3, -0.25) is 9.59 Å². The van der Waals surface area contributed by atoms with Gasteiger partial charge >= 0.3 is 5.97 Å². The molecule has 7 heteroatoms. The molecular weight excluding hydrogens is 370 g/mol. The Balaban J connectivity index is 1.42. The molecule has 0 aliphatic carbocycles. The number of nitrogens with zero attached hydrogens (tertiary/aromatic N) is 3. The van der Waals surface area contributed by atoms with Crippen LogP contribution in [0, 0.1) is 0 Å². The van der Waals surface area contributed by atoms with Crippen molar-refractivity contribution in [1.29, 1.82) is 0 Å². The van der Waals surface area contributed by atoms with Crippen molar-refractivity contribution in [3.05, 3.63) is 77.8 Å². The lowest BCUT2D eigenvalue weighted by molar-refractivity contribution is -0.147. The maximum atomic E-state index is 12.5.